The van der Waals surface area contributed by atoms with Gasteiger partial charge in [0.1, 0.15) is 0 Å². The molecule has 1 aliphatic heterocycles. The number of unbranched alkanes of at least 4 members (excludes halogenated alkanes) is 4. The Kier molecular flexibility index (Phi) is 6.39. The molecular weight excluding hydrogens is 360 g/mol. The third-order valence-electron chi connectivity index (χ3n) is 5.05. The Labute approximate surface area is 162 Å². The number of rotatable bonds is 9. The second kappa shape index (κ2) is 8.76. The van der Waals surface area contributed by atoms with Crippen LogP contribution in [0.3, 0.4) is 0 Å². The summed E-state index contributed by atoms with van der Waals surface area (Å²) in [5.41, 5.74) is 2.91. The van der Waals surface area contributed by atoms with Gasteiger partial charge in [-0.25, -0.2) is 0 Å². The van der Waals surface area contributed by atoms with Gasteiger partial charge in [0, 0.05) is 6.54 Å². The maximum Gasteiger partial charge on any atom is 0.294 e. The molecule has 1 unspecified atom stereocenters. The van der Waals surface area contributed by atoms with Crippen LogP contribution in [-0.4, -0.2) is 19.1 Å². The third kappa shape index (κ3) is 5.02. The second-order valence-electron chi connectivity index (χ2n) is 7.13. The molecule has 27 heavy (non-hydrogen) atoms. The summed E-state index contributed by atoms with van der Waals surface area (Å²) < 4.78 is 32.6. The molecule has 0 saturated heterocycles. The lowest BCUT2D eigenvalue weighted by atomic mass is 10.1. The highest BCUT2D eigenvalue weighted by Crippen LogP contribution is 2.38. The van der Waals surface area contributed by atoms with Crippen molar-refractivity contribution in [3.63, 3.8) is 0 Å². The third-order valence-corrected chi connectivity index (χ3v) is 5.90. The van der Waals surface area contributed by atoms with E-state index < -0.39 is 10.1 Å². The number of anilines is 2. The van der Waals surface area contributed by atoms with Gasteiger partial charge in [-0.15, -0.1) is 0 Å². The largest absolute Gasteiger partial charge is 0.363 e. The van der Waals surface area contributed by atoms with E-state index in [2.05, 4.69) is 29.3 Å². The van der Waals surface area contributed by atoms with Crippen molar-refractivity contribution in [1.82, 2.24) is 0 Å². The molecule has 0 spiro atoms. The van der Waals surface area contributed by atoms with Crippen LogP contribution >= 0.6 is 0 Å². The first-order valence-electron chi connectivity index (χ1n) is 9.67. The highest BCUT2D eigenvalue weighted by molar-refractivity contribution is 7.85. The van der Waals surface area contributed by atoms with E-state index in [-0.39, 0.29) is 11.1 Å². The number of fused-ring (bicyclic) bond motifs is 1. The van der Waals surface area contributed by atoms with E-state index >= 15 is 0 Å². The first-order valence-corrected chi connectivity index (χ1v) is 11.1. The average molecular weight is 389 g/mol. The van der Waals surface area contributed by atoms with Gasteiger partial charge in [0.2, 0.25) is 0 Å². The average Bonchev–Trinajstić information content (AvgIpc) is 2.98. The smallest absolute Gasteiger partial charge is 0.294 e. The molecule has 146 valence electrons. The quantitative estimate of drug-likeness (QED) is 0.464. The molecule has 6 heteroatoms. The lowest BCUT2D eigenvalue weighted by Crippen LogP contribution is -2.35. The molecule has 5 nitrogen and oxygen atoms in total. The summed E-state index contributed by atoms with van der Waals surface area (Å²) in [4.78, 5) is 2.14. The van der Waals surface area contributed by atoms with E-state index in [9.17, 15) is 13.0 Å². The molecule has 1 aliphatic rings. The lowest BCUT2D eigenvalue weighted by Gasteiger charge is -2.27. The van der Waals surface area contributed by atoms with Crippen LogP contribution in [0.25, 0.3) is 0 Å². The van der Waals surface area contributed by atoms with E-state index in [0.29, 0.717) is 6.54 Å². The van der Waals surface area contributed by atoms with Crippen molar-refractivity contribution in [2.45, 2.75) is 63.1 Å². The monoisotopic (exact) mass is 388 g/mol. The van der Waals surface area contributed by atoms with E-state index in [1.165, 1.54) is 37.3 Å². The summed E-state index contributed by atoms with van der Waals surface area (Å²) in [7, 11) is -4.22. The highest BCUT2D eigenvalue weighted by Gasteiger charge is 2.29. The van der Waals surface area contributed by atoms with Crippen LogP contribution in [0.5, 0.6) is 0 Å². The van der Waals surface area contributed by atoms with Crippen LogP contribution in [0.15, 0.2) is 53.4 Å². The number of benzene rings is 2. The maximum atomic E-state index is 11.6. The molecule has 0 radical (unpaired) electrons. The second-order valence-corrected chi connectivity index (χ2v) is 8.55. The van der Waals surface area contributed by atoms with Crippen molar-refractivity contribution in [3.05, 3.63) is 54.1 Å². The first kappa shape index (κ1) is 19.7. The Hall–Kier alpha value is -2.05. The van der Waals surface area contributed by atoms with Crippen molar-refractivity contribution in [2.75, 3.05) is 10.2 Å². The Bertz CT molecular complexity index is 853. The normalized spacial score (nSPS) is 16.2. The lowest BCUT2D eigenvalue weighted by molar-refractivity contribution is 0.483. The Morgan fingerprint density at radius 1 is 1.04 bits per heavy atom. The first-order chi connectivity index (χ1) is 13.0. The fourth-order valence-electron chi connectivity index (χ4n) is 3.60. The van der Waals surface area contributed by atoms with Crippen molar-refractivity contribution in [2.24, 2.45) is 0 Å². The maximum absolute atomic E-state index is 11.6. The molecule has 2 aromatic rings. The van der Waals surface area contributed by atoms with Crippen LogP contribution in [0.1, 0.15) is 51.0 Å². The van der Waals surface area contributed by atoms with Gasteiger partial charge in [-0.2, -0.15) is 8.42 Å². The molecule has 1 heterocycles. The number of nitrogens with zero attached hydrogens (tertiary/aromatic N) is 1. The fourth-order valence-corrected chi connectivity index (χ4v) is 4.10. The Morgan fingerprint density at radius 2 is 1.78 bits per heavy atom. The summed E-state index contributed by atoms with van der Waals surface area (Å²) in [5.74, 6) is 0. The molecule has 3 rings (SSSR count). The molecule has 2 N–H and O–H groups in total. The topological polar surface area (TPSA) is 69.6 Å². The Balaban J connectivity index is 1.81. The van der Waals surface area contributed by atoms with Crippen LogP contribution in [0.4, 0.5) is 11.4 Å². The van der Waals surface area contributed by atoms with Crippen molar-refractivity contribution in [1.29, 1.82) is 0 Å². The molecule has 0 amide bonds. The standard InChI is InChI=1S/C21H28N2O3S/c1-2-3-4-5-9-12-21-22-19-14-13-18(27(24,25)26)15-20(19)23(21)16-17-10-7-6-8-11-17/h6-8,10-11,13-15,21-22H,2-5,9,12,16H2,1H3,(H,24,25,26). The summed E-state index contributed by atoms with van der Waals surface area (Å²) in [6, 6.07) is 14.9. The fraction of sp³-hybridized carbons (Fsp3) is 0.429. The zero-order chi connectivity index (χ0) is 19.3. The summed E-state index contributed by atoms with van der Waals surface area (Å²) in [5, 5.41) is 3.52. The summed E-state index contributed by atoms with van der Waals surface area (Å²) in [6.45, 7) is 2.90. The minimum atomic E-state index is -4.22. The van der Waals surface area contributed by atoms with Crippen LogP contribution < -0.4 is 10.2 Å². The molecule has 0 aliphatic carbocycles. The van der Waals surface area contributed by atoms with E-state index in [1.54, 1.807) is 12.1 Å². The van der Waals surface area contributed by atoms with E-state index in [1.807, 2.05) is 18.2 Å². The van der Waals surface area contributed by atoms with Crippen LogP contribution in [0, 0.1) is 0 Å². The minimum Gasteiger partial charge on any atom is -0.363 e. The molecule has 0 saturated carbocycles. The summed E-state index contributed by atoms with van der Waals surface area (Å²) in [6.07, 6.45) is 7.20. The van der Waals surface area contributed by atoms with E-state index in [4.69, 9.17) is 0 Å². The van der Waals surface area contributed by atoms with Gasteiger partial charge in [0.15, 0.2) is 0 Å². The molecule has 0 aromatic heterocycles. The van der Waals surface area contributed by atoms with Gasteiger partial charge in [-0.3, -0.25) is 4.55 Å². The number of nitrogens with one attached hydrogen (secondary N) is 1. The van der Waals surface area contributed by atoms with Crippen molar-refractivity contribution >= 4 is 21.5 Å². The Morgan fingerprint density at radius 3 is 2.48 bits per heavy atom. The van der Waals surface area contributed by atoms with Gasteiger partial charge in [0.05, 0.1) is 22.4 Å². The zero-order valence-electron chi connectivity index (χ0n) is 15.8. The highest BCUT2D eigenvalue weighted by atomic mass is 32.2. The van der Waals surface area contributed by atoms with Gasteiger partial charge in [0.25, 0.3) is 10.1 Å². The predicted molar refractivity (Wildman–Crippen MR) is 110 cm³/mol. The van der Waals surface area contributed by atoms with Crippen LogP contribution in [-0.2, 0) is 16.7 Å². The molecular formula is C21H28N2O3S. The molecule has 1 atom stereocenters. The van der Waals surface area contributed by atoms with E-state index in [0.717, 1.165) is 24.2 Å². The minimum absolute atomic E-state index is 0.0651. The van der Waals surface area contributed by atoms with Crippen molar-refractivity contribution < 1.29 is 13.0 Å². The SMILES string of the molecule is CCCCCCCC1Nc2ccc(S(=O)(=O)O)cc2N1Cc1ccccc1. The van der Waals surface area contributed by atoms with Gasteiger partial charge >= 0.3 is 0 Å². The zero-order valence-corrected chi connectivity index (χ0v) is 16.6. The molecule has 0 bridgehead atoms. The predicted octanol–water partition coefficient (Wildman–Crippen LogP) is 5.05. The summed E-state index contributed by atoms with van der Waals surface area (Å²) >= 11 is 0. The molecule has 0 fully saturated rings. The van der Waals surface area contributed by atoms with Crippen LogP contribution in [0.2, 0.25) is 0 Å². The van der Waals surface area contributed by atoms with Crippen molar-refractivity contribution in [3.8, 4) is 0 Å². The van der Waals surface area contributed by atoms with Gasteiger partial charge in [-0.05, 0) is 36.6 Å². The number of hydrogen-bond acceptors (Lipinski definition) is 4. The molecule has 2 aromatic carbocycles. The van der Waals surface area contributed by atoms with Gasteiger partial charge < -0.3 is 10.2 Å². The number of hydrogen-bond donors (Lipinski definition) is 2. The van der Waals surface area contributed by atoms with Gasteiger partial charge in [-0.1, -0.05) is 62.9 Å².